The molecule has 0 rings (SSSR count). The van der Waals surface area contributed by atoms with Gasteiger partial charge in [0.15, 0.2) is 0 Å². The Morgan fingerprint density at radius 2 is 2.00 bits per heavy atom. The maximum atomic E-state index is 4.97. The Balaban J connectivity index is 0. The maximum Gasteiger partial charge on any atom is 0 e. The van der Waals surface area contributed by atoms with Gasteiger partial charge in [0.1, 0.15) is 0 Å². The maximum absolute atomic E-state index is 4.97. The van der Waals surface area contributed by atoms with Crippen molar-refractivity contribution < 1.29 is 0 Å². The van der Waals surface area contributed by atoms with Crippen LogP contribution in [-0.2, 0) is 0 Å². The summed E-state index contributed by atoms with van der Waals surface area (Å²) in [6.07, 6.45) is 1.90. The van der Waals surface area contributed by atoms with Crippen LogP contribution in [0.1, 0.15) is 6.92 Å². The smallest absolute Gasteiger partial charge is 0 e. The zero-order valence-electron chi connectivity index (χ0n) is 3.57. The zero-order chi connectivity index (χ0) is 3.41. The molecule has 28 valence electrons. The van der Waals surface area contributed by atoms with Gasteiger partial charge < -0.3 is 12.2 Å². The van der Waals surface area contributed by atoms with Crippen LogP contribution in [0.25, 0.3) is 0 Å². The fourth-order valence-electron chi connectivity index (χ4n) is 0. The molecule has 0 aromatic rings. The standard InChI is InChI=1S/C3H8N.Rf/c1-2-3-4;/h2H,3-4H2,1H3;/q-1;. The quantitative estimate of drug-likeness (QED) is 0.684. The molecule has 0 unspecified atom stereocenters. The van der Waals surface area contributed by atoms with Gasteiger partial charge in [-0.3, -0.25) is 0 Å². The summed E-state index contributed by atoms with van der Waals surface area (Å²) < 4.78 is 0. The minimum absolute atomic E-state index is 0. The average molecular weight is 325 g/mol. The topological polar surface area (TPSA) is 26.0 Å². The molecule has 0 fully saturated rings. The van der Waals surface area contributed by atoms with Gasteiger partial charge in [0.25, 0.3) is 0 Å². The Labute approximate surface area is 26.8 Å². The van der Waals surface area contributed by atoms with Crippen LogP contribution >= 0.6 is 0 Å². The van der Waals surface area contributed by atoms with Gasteiger partial charge in [-0.25, -0.2) is 0 Å². The van der Waals surface area contributed by atoms with Crippen molar-refractivity contribution in [1.29, 1.82) is 0 Å². The van der Waals surface area contributed by atoms with Gasteiger partial charge in [-0.1, -0.05) is 0 Å². The van der Waals surface area contributed by atoms with E-state index >= 15 is 0 Å². The Morgan fingerprint density at radius 3 is 2.00 bits per heavy atom. The van der Waals surface area contributed by atoms with Gasteiger partial charge in [0.05, 0.1) is 0 Å². The Morgan fingerprint density at radius 1 is 1.80 bits per heavy atom. The molecule has 0 aliphatic heterocycles. The van der Waals surface area contributed by atoms with Crippen molar-refractivity contribution in [1.82, 2.24) is 0 Å². The van der Waals surface area contributed by atoms with Crippen molar-refractivity contribution in [3.05, 3.63) is 6.42 Å². The first-order valence-electron chi connectivity index (χ1n) is 1.39. The van der Waals surface area contributed by atoms with E-state index in [-0.39, 0.29) is 0 Å². The molecule has 0 atom stereocenters. The summed E-state index contributed by atoms with van der Waals surface area (Å²) in [6, 6.07) is 0. The largest absolute Gasteiger partial charge is 0.360 e. The van der Waals surface area contributed by atoms with Crippen LogP contribution in [0.5, 0.6) is 0 Å². The minimum atomic E-state index is 0. The first-order valence-corrected chi connectivity index (χ1v) is 1.39. The molecule has 1 nitrogen and oxygen atoms in total. The van der Waals surface area contributed by atoms with E-state index in [9.17, 15) is 0 Å². The molecule has 0 aromatic carbocycles. The molecule has 0 spiro atoms. The van der Waals surface area contributed by atoms with Crippen LogP contribution < -0.4 is 5.73 Å². The number of hydrogen-bond donors (Lipinski definition) is 1. The van der Waals surface area contributed by atoms with Crippen LogP contribution in [-0.4, -0.2) is 6.54 Å². The number of rotatable bonds is 1. The SMILES string of the molecule is C[CH-]CN.[Rf]. The van der Waals surface area contributed by atoms with E-state index in [1.807, 2.05) is 13.3 Å². The second-order valence-corrected chi connectivity index (χ2v) is 0.644. The second-order valence-electron chi connectivity index (χ2n) is 0.644. The second kappa shape index (κ2) is 12.3. The molecule has 0 amide bonds. The summed E-state index contributed by atoms with van der Waals surface area (Å²) in [5, 5.41) is 0. The Kier molecular flexibility index (Phi) is 22.3. The third-order valence-corrected chi connectivity index (χ3v) is 0.236. The first kappa shape index (κ1) is 9.03. The van der Waals surface area contributed by atoms with E-state index in [0.29, 0.717) is 6.54 Å². The van der Waals surface area contributed by atoms with Gasteiger partial charge in [-0.2, -0.15) is 6.92 Å². The Hall–Kier alpha value is -1.04. The van der Waals surface area contributed by atoms with E-state index in [1.165, 1.54) is 0 Å². The molecule has 0 saturated heterocycles. The molecule has 0 bridgehead atoms. The van der Waals surface area contributed by atoms with Crippen molar-refractivity contribution in [3.63, 3.8) is 0 Å². The van der Waals surface area contributed by atoms with Crippen molar-refractivity contribution in [2.45, 2.75) is 6.92 Å². The van der Waals surface area contributed by atoms with Crippen molar-refractivity contribution in [2.75, 3.05) is 6.54 Å². The van der Waals surface area contributed by atoms with Crippen LogP contribution in [0.15, 0.2) is 0 Å². The van der Waals surface area contributed by atoms with Crippen LogP contribution in [0.2, 0.25) is 0 Å². The molecule has 0 aliphatic carbocycles. The average Bonchev–Trinajstić information content (AvgIpc) is 1.37. The molecule has 0 aromatic heterocycles. The van der Waals surface area contributed by atoms with Gasteiger partial charge in [0, 0.05) is 0 Å². The van der Waals surface area contributed by atoms with E-state index in [2.05, 4.69) is 0 Å². The van der Waals surface area contributed by atoms with E-state index in [0.717, 1.165) is 0 Å². The fraction of sp³-hybridized carbons (Fsp3) is 0.667. The summed E-state index contributed by atoms with van der Waals surface area (Å²) in [7, 11) is 0. The van der Waals surface area contributed by atoms with Gasteiger partial charge in [-0.05, 0) is 0 Å². The first-order chi connectivity index (χ1) is 1.91. The summed E-state index contributed by atoms with van der Waals surface area (Å²) >= 11 is 0. The summed E-state index contributed by atoms with van der Waals surface area (Å²) in [5.41, 5.74) is 4.97. The van der Waals surface area contributed by atoms with E-state index in [1.54, 1.807) is 0 Å². The monoisotopic (exact) mass is 325 g/mol. The predicted molar refractivity (Wildman–Crippen MR) is 19.0 cm³/mol. The fourth-order valence-corrected chi connectivity index (χ4v) is 0. The molecule has 0 radical (unpaired) electrons. The molecule has 0 aliphatic rings. The van der Waals surface area contributed by atoms with E-state index in [4.69, 9.17) is 5.73 Å². The molecule has 0 saturated carbocycles. The van der Waals surface area contributed by atoms with Crippen LogP contribution in [0.3, 0.4) is 0 Å². The number of nitrogens with two attached hydrogens (primary N) is 1. The van der Waals surface area contributed by atoms with Crippen molar-refractivity contribution >= 4 is 0 Å². The van der Waals surface area contributed by atoms with Gasteiger partial charge in [0.2, 0.25) is 0 Å². The van der Waals surface area contributed by atoms with Crippen LogP contribution in [0.4, 0.5) is 0 Å². The molecule has 2 N–H and O–H groups in total. The molecule has 2 heteroatoms. The summed E-state index contributed by atoms with van der Waals surface area (Å²) in [4.78, 5) is 0. The third-order valence-electron chi connectivity index (χ3n) is 0.236. The van der Waals surface area contributed by atoms with Gasteiger partial charge in [-0.15, -0.1) is 6.54 Å². The van der Waals surface area contributed by atoms with Crippen molar-refractivity contribution in [3.8, 4) is 0 Å². The molecule has 0 heterocycles. The van der Waals surface area contributed by atoms with Gasteiger partial charge >= 0.3 is 0 Å². The summed E-state index contributed by atoms with van der Waals surface area (Å²) in [6.45, 7) is 2.62. The number of hydrogen-bond acceptors (Lipinski definition) is 1. The summed E-state index contributed by atoms with van der Waals surface area (Å²) in [5.74, 6) is 0. The molecular weight excluding hydrogens is 317 g/mol. The minimum Gasteiger partial charge on any atom is -0.360 e. The molecular formula is C3H8NRf-. The normalized spacial score (nSPS) is 6.00. The Bertz CT molecular complexity index is 8.85. The third kappa shape index (κ3) is 1700. The van der Waals surface area contributed by atoms with Crippen molar-refractivity contribution in [2.24, 2.45) is 5.73 Å². The predicted octanol–water partition coefficient (Wildman–Crippen LogP) is 0.169. The molecule has 5 heavy (non-hydrogen) atoms. The van der Waals surface area contributed by atoms with Crippen LogP contribution in [0, 0.1) is 6.42 Å². The zero-order valence-corrected chi connectivity index (χ0v) is 9.97. The van der Waals surface area contributed by atoms with E-state index < -0.39 is 0 Å².